The lowest BCUT2D eigenvalue weighted by Gasteiger charge is -2.01. The van der Waals surface area contributed by atoms with E-state index in [0.717, 1.165) is 37.6 Å². The van der Waals surface area contributed by atoms with E-state index in [4.69, 9.17) is 16.3 Å². The topological polar surface area (TPSA) is 34.5 Å². The third-order valence-electron chi connectivity index (χ3n) is 3.42. The monoisotopic (exact) mass is 356 g/mol. The highest BCUT2D eigenvalue weighted by atomic mass is 35.5. The van der Waals surface area contributed by atoms with Gasteiger partial charge in [-0.05, 0) is 55.8 Å². The molecule has 0 atom stereocenters. The van der Waals surface area contributed by atoms with E-state index in [0.29, 0.717) is 6.61 Å². The minimum atomic E-state index is 0.666. The predicted octanol–water partition coefficient (Wildman–Crippen LogP) is 5.92. The van der Waals surface area contributed by atoms with Crippen molar-refractivity contribution >= 4 is 34.3 Å². The Balaban J connectivity index is 1.78. The van der Waals surface area contributed by atoms with E-state index in [-0.39, 0.29) is 0 Å². The highest BCUT2D eigenvalue weighted by molar-refractivity contribution is 7.15. The number of benzene rings is 2. The number of aryl methyl sites for hydroxylation is 1. The lowest BCUT2D eigenvalue weighted by Crippen LogP contribution is -1.91. The summed E-state index contributed by atoms with van der Waals surface area (Å²) in [6.07, 6.45) is 1.82. The fraction of sp³-hybridized carbons (Fsp3) is 0.158. The molecule has 0 unspecified atom stereocenters. The average Bonchev–Trinajstić information content (AvgIpc) is 2.96. The van der Waals surface area contributed by atoms with Crippen molar-refractivity contribution in [3.05, 3.63) is 64.0 Å². The molecule has 2 aromatic carbocycles. The molecule has 0 radical (unpaired) electrons. The van der Waals surface area contributed by atoms with E-state index in [9.17, 15) is 0 Å². The van der Waals surface area contributed by atoms with Gasteiger partial charge in [-0.2, -0.15) is 0 Å². The molecule has 0 bridgehead atoms. The van der Waals surface area contributed by atoms with Crippen LogP contribution in [0.3, 0.4) is 0 Å². The van der Waals surface area contributed by atoms with Gasteiger partial charge in [-0.1, -0.05) is 35.1 Å². The fourth-order valence-electron chi connectivity index (χ4n) is 2.26. The number of thiazole rings is 1. The molecule has 3 aromatic rings. The quantitative estimate of drug-likeness (QED) is 0.531. The van der Waals surface area contributed by atoms with Gasteiger partial charge in [-0.25, -0.2) is 9.98 Å². The second-order valence-corrected chi connectivity index (χ2v) is 6.79. The zero-order valence-corrected chi connectivity index (χ0v) is 15.1. The van der Waals surface area contributed by atoms with Crippen LogP contribution in [-0.4, -0.2) is 17.8 Å². The van der Waals surface area contributed by atoms with E-state index in [1.54, 1.807) is 11.3 Å². The van der Waals surface area contributed by atoms with Gasteiger partial charge in [-0.3, -0.25) is 0 Å². The fourth-order valence-corrected chi connectivity index (χ4v) is 3.16. The van der Waals surface area contributed by atoms with Crippen molar-refractivity contribution in [2.24, 2.45) is 4.99 Å². The van der Waals surface area contributed by atoms with Crippen LogP contribution in [0.4, 0.5) is 5.13 Å². The molecule has 0 spiro atoms. The molecule has 0 aliphatic rings. The summed E-state index contributed by atoms with van der Waals surface area (Å²) in [6, 6.07) is 15.5. The van der Waals surface area contributed by atoms with Gasteiger partial charge in [0.2, 0.25) is 5.13 Å². The van der Waals surface area contributed by atoms with Gasteiger partial charge in [0.05, 0.1) is 12.3 Å². The van der Waals surface area contributed by atoms with E-state index >= 15 is 0 Å². The number of nitrogens with zero attached hydrogens (tertiary/aromatic N) is 2. The van der Waals surface area contributed by atoms with E-state index in [2.05, 4.69) is 16.9 Å². The molecule has 0 N–H and O–H groups in total. The zero-order chi connectivity index (χ0) is 16.9. The number of halogens is 1. The van der Waals surface area contributed by atoms with Gasteiger partial charge >= 0.3 is 0 Å². The molecule has 24 heavy (non-hydrogen) atoms. The Kier molecular flexibility index (Phi) is 5.28. The van der Waals surface area contributed by atoms with Gasteiger partial charge < -0.3 is 4.74 Å². The summed E-state index contributed by atoms with van der Waals surface area (Å²) in [4.78, 5) is 10.3. The maximum Gasteiger partial charge on any atom is 0.209 e. The Labute approximate surface area is 150 Å². The van der Waals surface area contributed by atoms with Crippen molar-refractivity contribution in [2.45, 2.75) is 13.8 Å². The predicted molar refractivity (Wildman–Crippen MR) is 102 cm³/mol. The van der Waals surface area contributed by atoms with Crippen LogP contribution in [0.1, 0.15) is 17.4 Å². The lowest BCUT2D eigenvalue weighted by atomic mass is 10.1. The van der Waals surface area contributed by atoms with Crippen molar-refractivity contribution in [1.29, 1.82) is 0 Å². The van der Waals surface area contributed by atoms with Crippen molar-refractivity contribution in [1.82, 2.24) is 4.98 Å². The van der Waals surface area contributed by atoms with Crippen LogP contribution < -0.4 is 4.74 Å². The van der Waals surface area contributed by atoms with Crippen molar-refractivity contribution in [3.63, 3.8) is 0 Å². The SMILES string of the molecule is CCOc1ccc(C=Nc2nc(-c3ccc(Cl)cc3)c(C)s2)cc1. The average molecular weight is 357 g/mol. The second-order valence-electron chi connectivity index (χ2n) is 5.17. The molecule has 5 heteroatoms. The number of ether oxygens (including phenoxy) is 1. The molecular weight excluding hydrogens is 340 g/mol. The molecule has 0 aliphatic carbocycles. The molecule has 0 amide bonds. The molecule has 3 nitrogen and oxygen atoms in total. The second kappa shape index (κ2) is 7.60. The summed E-state index contributed by atoms with van der Waals surface area (Å²) in [5, 5.41) is 1.46. The highest BCUT2D eigenvalue weighted by Gasteiger charge is 2.09. The van der Waals surface area contributed by atoms with Crippen molar-refractivity contribution in [2.75, 3.05) is 6.61 Å². The van der Waals surface area contributed by atoms with Gasteiger partial charge in [0, 0.05) is 21.7 Å². The summed E-state index contributed by atoms with van der Waals surface area (Å²) >= 11 is 7.52. The van der Waals surface area contributed by atoms with E-state index in [1.807, 2.05) is 61.7 Å². The summed E-state index contributed by atoms with van der Waals surface area (Å²) in [6.45, 7) is 4.69. The summed E-state index contributed by atoms with van der Waals surface area (Å²) in [5.74, 6) is 0.866. The van der Waals surface area contributed by atoms with Crippen LogP contribution in [0.15, 0.2) is 53.5 Å². The van der Waals surface area contributed by atoms with Crippen molar-refractivity contribution in [3.8, 4) is 17.0 Å². The molecule has 0 fully saturated rings. The van der Waals surface area contributed by atoms with E-state index < -0.39 is 0 Å². The maximum atomic E-state index is 5.94. The Bertz CT molecular complexity index is 839. The number of hydrogen-bond acceptors (Lipinski definition) is 4. The number of aromatic nitrogens is 1. The number of rotatable bonds is 5. The van der Waals surface area contributed by atoms with E-state index in [1.165, 1.54) is 0 Å². The minimum absolute atomic E-state index is 0.666. The molecule has 122 valence electrons. The Hall–Kier alpha value is -2.17. The van der Waals surface area contributed by atoms with Gasteiger partial charge in [0.25, 0.3) is 0 Å². The Morgan fingerprint density at radius 1 is 1.12 bits per heavy atom. The number of hydrogen-bond donors (Lipinski definition) is 0. The summed E-state index contributed by atoms with van der Waals surface area (Å²) in [7, 11) is 0. The molecule has 1 aromatic heterocycles. The van der Waals surface area contributed by atoms with Crippen LogP contribution in [0.25, 0.3) is 11.3 Å². The Morgan fingerprint density at radius 2 is 1.83 bits per heavy atom. The number of aliphatic imine (C=N–C) groups is 1. The molecule has 0 aliphatic heterocycles. The summed E-state index contributed by atoms with van der Waals surface area (Å²) < 4.78 is 5.44. The first kappa shape index (κ1) is 16.7. The molecule has 1 heterocycles. The third kappa shape index (κ3) is 4.02. The first-order valence-electron chi connectivity index (χ1n) is 7.66. The normalized spacial score (nSPS) is 11.1. The van der Waals surface area contributed by atoms with Gasteiger partial charge in [-0.15, -0.1) is 0 Å². The summed E-state index contributed by atoms with van der Waals surface area (Å²) in [5.41, 5.74) is 3.02. The third-order valence-corrected chi connectivity index (χ3v) is 4.55. The van der Waals surface area contributed by atoms with Crippen LogP contribution >= 0.6 is 22.9 Å². The van der Waals surface area contributed by atoms with Gasteiger partial charge in [0.15, 0.2) is 0 Å². The molecular formula is C19H17ClN2OS. The first-order chi connectivity index (χ1) is 11.7. The lowest BCUT2D eigenvalue weighted by molar-refractivity contribution is 0.340. The Morgan fingerprint density at radius 3 is 2.50 bits per heavy atom. The molecule has 3 rings (SSSR count). The van der Waals surface area contributed by atoms with Crippen LogP contribution in [0.5, 0.6) is 5.75 Å². The van der Waals surface area contributed by atoms with Crippen LogP contribution in [-0.2, 0) is 0 Å². The first-order valence-corrected chi connectivity index (χ1v) is 8.85. The highest BCUT2D eigenvalue weighted by Crippen LogP contribution is 2.32. The molecule has 0 saturated carbocycles. The standard InChI is InChI=1S/C19H17ClN2OS/c1-3-23-17-10-4-14(5-11-17)12-21-19-22-18(13(2)24-19)15-6-8-16(20)9-7-15/h4-12H,3H2,1-2H3. The smallest absolute Gasteiger partial charge is 0.209 e. The molecule has 0 saturated heterocycles. The maximum absolute atomic E-state index is 5.94. The minimum Gasteiger partial charge on any atom is -0.494 e. The zero-order valence-electron chi connectivity index (χ0n) is 13.5. The largest absolute Gasteiger partial charge is 0.494 e. The van der Waals surface area contributed by atoms with Gasteiger partial charge in [0.1, 0.15) is 5.75 Å². The van der Waals surface area contributed by atoms with Crippen molar-refractivity contribution < 1.29 is 4.74 Å². The van der Waals surface area contributed by atoms with Crippen LogP contribution in [0, 0.1) is 6.92 Å². The van der Waals surface area contributed by atoms with Crippen LogP contribution in [0.2, 0.25) is 5.02 Å².